The van der Waals surface area contributed by atoms with E-state index in [1.54, 1.807) is 7.11 Å². The van der Waals surface area contributed by atoms with Crippen molar-refractivity contribution in [1.82, 2.24) is 0 Å². The summed E-state index contributed by atoms with van der Waals surface area (Å²) in [6, 6.07) is 18.9. The standard InChI is InChI=1S/C22H27NO3/c1-26-16-20-17-12-14-23(25,15-13-17)21(20)22(24,18-8-4-2-5-9-18)19-10-6-3-7-11-19/h2-11,17,20-21,24H,12-16H2,1H3/t17?,20-,21+,23?/m1/s1. The highest BCUT2D eigenvalue weighted by molar-refractivity contribution is 5.38. The lowest BCUT2D eigenvalue weighted by atomic mass is 9.64. The fourth-order valence-corrected chi connectivity index (χ4v) is 5.30. The van der Waals surface area contributed by atoms with Crippen LogP contribution in [0.15, 0.2) is 60.7 Å². The van der Waals surface area contributed by atoms with Crippen LogP contribution in [0.4, 0.5) is 0 Å². The SMILES string of the molecule is COC[C@@H]1C2CC[N+]([O-])(CC2)[C@@H]1C(O)(c1ccccc1)c1ccccc1. The van der Waals surface area contributed by atoms with E-state index in [9.17, 15) is 10.3 Å². The minimum absolute atomic E-state index is 0.0467. The van der Waals surface area contributed by atoms with E-state index in [0.717, 1.165) is 24.0 Å². The van der Waals surface area contributed by atoms with E-state index in [4.69, 9.17) is 4.74 Å². The Morgan fingerprint density at radius 3 is 1.96 bits per heavy atom. The topological polar surface area (TPSA) is 52.5 Å². The van der Waals surface area contributed by atoms with E-state index in [1.165, 1.54) is 0 Å². The van der Waals surface area contributed by atoms with Gasteiger partial charge in [-0.25, -0.2) is 0 Å². The van der Waals surface area contributed by atoms with Gasteiger partial charge < -0.3 is 19.7 Å². The molecule has 0 aromatic heterocycles. The molecule has 4 heteroatoms. The van der Waals surface area contributed by atoms with E-state index in [1.807, 2.05) is 60.7 Å². The Kier molecular flexibility index (Phi) is 4.61. The van der Waals surface area contributed by atoms with Gasteiger partial charge >= 0.3 is 0 Å². The second kappa shape index (κ2) is 6.78. The average Bonchev–Trinajstić information content (AvgIpc) is 2.69. The third-order valence-electron chi connectivity index (χ3n) is 6.49. The molecule has 2 atom stereocenters. The monoisotopic (exact) mass is 353 g/mol. The molecule has 3 heterocycles. The van der Waals surface area contributed by atoms with Crippen LogP contribution in [0.5, 0.6) is 0 Å². The molecule has 3 aliphatic heterocycles. The van der Waals surface area contributed by atoms with Crippen molar-refractivity contribution in [3.63, 3.8) is 0 Å². The molecule has 0 aliphatic carbocycles. The summed E-state index contributed by atoms with van der Waals surface area (Å²) >= 11 is 0. The zero-order valence-electron chi connectivity index (χ0n) is 15.3. The third kappa shape index (κ3) is 2.69. The van der Waals surface area contributed by atoms with Crippen molar-refractivity contribution in [2.45, 2.75) is 24.5 Å². The van der Waals surface area contributed by atoms with Crippen LogP contribution in [0.3, 0.4) is 0 Å². The summed E-state index contributed by atoms with van der Waals surface area (Å²) in [7, 11) is 1.69. The van der Waals surface area contributed by atoms with Crippen LogP contribution in [-0.2, 0) is 10.3 Å². The Labute approximate surface area is 155 Å². The molecule has 2 aromatic rings. The molecule has 2 aromatic carbocycles. The Morgan fingerprint density at radius 1 is 1.00 bits per heavy atom. The first kappa shape index (κ1) is 17.7. The second-order valence-corrected chi connectivity index (χ2v) is 7.80. The molecule has 3 saturated heterocycles. The molecular formula is C22H27NO3. The van der Waals surface area contributed by atoms with Crippen molar-refractivity contribution >= 4 is 0 Å². The summed E-state index contributed by atoms with van der Waals surface area (Å²) in [5, 5.41) is 26.1. The molecule has 0 radical (unpaired) electrons. The van der Waals surface area contributed by atoms with Crippen molar-refractivity contribution in [3.05, 3.63) is 77.0 Å². The molecule has 0 saturated carbocycles. The lowest BCUT2D eigenvalue weighted by Gasteiger charge is -2.64. The fourth-order valence-electron chi connectivity index (χ4n) is 5.30. The molecule has 138 valence electrons. The molecule has 0 amide bonds. The lowest BCUT2D eigenvalue weighted by Crippen LogP contribution is -2.72. The van der Waals surface area contributed by atoms with Crippen molar-refractivity contribution in [1.29, 1.82) is 0 Å². The number of ether oxygens (including phenoxy) is 1. The van der Waals surface area contributed by atoms with Gasteiger partial charge in [0.2, 0.25) is 0 Å². The van der Waals surface area contributed by atoms with E-state index in [0.29, 0.717) is 25.6 Å². The van der Waals surface area contributed by atoms with Gasteiger partial charge in [0.1, 0.15) is 6.04 Å². The number of rotatable bonds is 5. The van der Waals surface area contributed by atoms with Gasteiger partial charge in [0, 0.05) is 25.9 Å². The van der Waals surface area contributed by atoms with E-state index >= 15 is 0 Å². The molecule has 4 nitrogen and oxygen atoms in total. The molecule has 3 fully saturated rings. The Morgan fingerprint density at radius 2 is 1.50 bits per heavy atom. The van der Waals surface area contributed by atoms with Crippen LogP contribution in [-0.4, -0.2) is 42.6 Å². The number of quaternary nitrogens is 1. The van der Waals surface area contributed by atoms with E-state index < -0.39 is 11.6 Å². The number of hydrogen-bond acceptors (Lipinski definition) is 3. The smallest absolute Gasteiger partial charge is 0.167 e. The maximum atomic E-state index is 13.9. The van der Waals surface area contributed by atoms with Gasteiger partial charge in [-0.1, -0.05) is 60.7 Å². The van der Waals surface area contributed by atoms with E-state index in [2.05, 4.69) is 0 Å². The maximum absolute atomic E-state index is 13.9. The predicted molar refractivity (Wildman–Crippen MR) is 101 cm³/mol. The molecule has 3 aliphatic rings. The van der Waals surface area contributed by atoms with Crippen molar-refractivity contribution in [3.8, 4) is 0 Å². The first-order chi connectivity index (χ1) is 12.6. The molecule has 0 unspecified atom stereocenters. The first-order valence-electron chi connectivity index (χ1n) is 9.50. The molecule has 26 heavy (non-hydrogen) atoms. The number of benzene rings is 2. The highest BCUT2D eigenvalue weighted by atomic mass is 16.6. The van der Waals surface area contributed by atoms with Crippen LogP contribution in [0.1, 0.15) is 24.0 Å². The average molecular weight is 353 g/mol. The van der Waals surface area contributed by atoms with Gasteiger partial charge in [-0.15, -0.1) is 0 Å². The summed E-state index contributed by atoms with van der Waals surface area (Å²) in [6.07, 6.45) is 1.85. The third-order valence-corrected chi connectivity index (χ3v) is 6.49. The van der Waals surface area contributed by atoms with Crippen LogP contribution < -0.4 is 0 Å². The Balaban J connectivity index is 1.90. The second-order valence-electron chi connectivity index (χ2n) is 7.80. The summed E-state index contributed by atoms with van der Waals surface area (Å²) in [5.74, 6) is 0.485. The van der Waals surface area contributed by atoms with Crippen molar-refractivity contribution in [2.75, 3.05) is 26.8 Å². The van der Waals surface area contributed by atoms with Gasteiger partial charge in [0.15, 0.2) is 5.60 Å². The molecular weight excluding hydrogens is 326 g/mol. The molecule has 0 spiro atoms. The summed E-state index contributed by atoms with van der Waals surface area (Å²) in [4.78, 5) is 0. The fraction of sp³-hybridized carbons (Fsp3) is 0.455. The van der Waals surface area contributed by atoms with Gasteiger partial charge in [0.25, 0.3) is 0 Å². The van der Waals surface area contributed by atoms with Gasteiger partial charge in [-0.2, -0.15) is 0 Å². The van der Waals surface area contributed by atoms with Crippen LogP contribution >= 0.6 is 0 Å². The Bertz CT molecular complexity index is 686. The largest absolute Gasteiger partial charge is 0.632 e. The highest BCUT2D eigenvalue weighted by Crippen LogP contribution is 2.51. The molecule has 5 rings (SSSR count). The zero-order valence-corrected chi connectivity index (χ0v) is 15.3. The lowest BCUT2D eigenvalue weighted by molar-refractivity contribution is -0.935. The number of aliphatic hydroxyl groups is 1. The summed E-state index contributed by atoms with van der Waals surface area (Å²) in [5.41, 5.74) is 0.253. The van der Waals surface area contributed by atoms with Gasteiger partial charge in [-0.05, 0) is 17.0 Å². The minimum atomic E-state index is -1.33. The highest BCUT2D eigenvalue weighted by Gasteiger charge is 2.59. The summed E-state index contributed by atoms with van der Waals surface area (Å²) in [6.45, 7) is 1.68. The van der Waals surface area contributed by atoms with Crippen molar-refractivity contribution in [2.24, 2.45) is 11.8 Å². The number of methoxy groups -OCH3 is 1. The zero-order chi connectivity index (χ0) is 18.2. The minimum Gasteiger partial charge on any atom is -0.632 e. The number of nitrogens with zero attached hydrogens (tertiary/aromatic N) is 1. The number of hydrogen-bond donors (Lipinski definition) is 1. The quantitative estimate of drug-likeness (QED) is 0.663. The summed E-state index contributed by atoms with van der Waals surface area (Å²) < 4.78 is 5.19. The van der Waals surface area contributed by atoms with Crippen LogP contribution in [0.2, 0.25) is 0 Å². The number of hydroxylamine groups is 3. The van der Waals surface area contributed by atoms with E-state index in [-0.39, 0.29) is 10.6 Å². The normalized spacial score (nSPS) is 31.1. The molecule has 1 N–H and O–H groups in total. The number of piperidine rings is 3. The predicted octanol–water partition coefficient (Wildman–Crippen LogP) is 3.29. The van der Waals surface area contributed by atoms with Crippen LogP contribution in [0, 0.1) is 17.0 Å². The van der Waals surface area contributed by atoms with Crippen molar-refractivity contribution < 1.29 is 14.5 Å². The van der Waals surface area contributed by atoms with Gasteiger partial charge in [0.05, 0.1) is 19.7 Å². The molecule has 2 bridgehead atoms. The van der Waals surface area contributed by atoms with Crippen LogP contribution in [0.25, 0.3) is 0 Å². The Hall–Kier alpha value is -1.72. The van der Waals surface area contributed by atoms with Gasteiger partial charge in [-0.3, -0.25) is 0 Å². The first-order valence-corrected chi connectivity index (χ1v) is 9.50. The number of fused-ring (bicyclic) bond motifs is 3. The maximum Gasteiger partial charge on any atom is 0.167 e.